The molecule has 3 rings (SSSR count). The Labute approximate surface area is 135 Å². The Hall–Kier alpha value is -1.37. The molecular weight excluding hydrogens is 370 g/mol. The van der Waals surface area contributed by atoms with Crippen LogP contribution in [-0.4, -0.2) is 8.42 Å². The zero-order valence-corrected chi connectivity index (χ0v) is 14.3. The van der Waals surface area contributed by atoms with E-state index in [9.17, 15) is 8.42 Å². The van der Waals surface area contributed by atoms with Gasteiger partial charge in [0.15, 0.2) is 0 Å². The SMILES string of the molecule is Cc1ccc(Br)cc1S(=O)(=O)Nc1ccc2sccc2c1. The average Bonchev–Trinajstić information content (AvgIpc) is 2.88. The van der Waals surface area contributed by atoms with Crippen molar-refractivity contribution in [2.75, 3.05) is 4.72 Å². The molecule has 0 aliphatic rings. The highest BCUT2D eigenvalue weighted by molar-refractivity contribution is 9.10. The predicted molar refractivity (Wildman–Crippen MR) is 91.5 cm³/mol. The van der Waals surface area contributed by atoms with E-state index in [2.05, 4.69) is 20.7 Å². The number of thiophene rings is 1. The summed E-state index contributed by atoms with van der Waals surface area (Å²) < 4.78 is 29.6. The second-order valence-corrected chi connectivity index (χ2v) is 8.20. The normalized spacial score (nSPS) is 11.7. The molecule has 0 saturated heterocycles. The van der Waals surface area contributed by atoms with Crippen LogP contribution in [-0.2, 0) is 10.0 Å². The highest BCUT2D eigenvalue weighted by Crippen LogP contribution is 2.27. The van der Waals surface area contributed by atoms with Gasteiger partial charge in [-0.1, -0.05) is 22.0 Å². The molecule has 0 fully saturated rings. The van der Waals surface area contributed by atoms with Crippen LogP contribution in [0.1, 0.15) is 5.56 Å². The van der Waals surface area contributed by atoms with Crippen LogP contribution >= 0.6 is 27.3 Å². The molecule has 0 aliphatic heterocycles. The summed E-state index contributed by atoms with van der Waals surface area (Å²) in [5.41, 5.74) is 1.28. The molecule has 0 aliphatic carbocycles. The molecule has 6 heteroatoms. The molecule has 0 saturated carbocycles. The third-order valence-corrected chi connectivity index (χ3v) is 6.06. The first-order valence-corrected chi connectivity index (χ1v) is 9.37. The Bertz CT molecular complexity index is 916. The van der Waals surface area contributed by atoms with E-state index in [0.29, 0.717) is 11.3 Å². The van der Waals surface area contributed by atoms with Gasteiger partial charge in [0.25, 0.3) is 10.0 Å². The van der Waals surface area contributed by atoms with Gasteiger partial charge < -0.3 is 0 Å². The topological polar surface area (TPSA) is 46.2 Å². The second-order valence-electron chi connectivity index (χ2n) is 4.69. The van der Waals surface area contributed by atoms with Crippen molar-refractivity contribution < 1.29 is 8.42 Å². The van der Waals surface area contributed by atoms with E-state index in [1.54, 1.807) is 36.5 Å². The fourth-order valence-corrected chi connectivity index (χ4v) is 4.71. The van der Waals surface area contributed by atoms with Crippen molar-refractivity contribution in [1.29, 1.82) is 0 Å². The van der Waals surface area contributed by atoms with E-state index in [1.165, 1.54) is 0 Å². The Morgan fingerprint density at radius 3 is 2.71 bits per heavy atom. The molecule has 108 valence electrons. The lowest BCUT2D eigenvalue weighted by Crippen LogP contribution is -2.14. The number of sulfonamides is 1. The zero-order chi connectivity index (χ0) is 15.0. The summed E-state index contributed by atoms with van der Waals surface area (Å²) in [5, 5.41) is 3.02. The molecule has 2 aromatic carbocycles. The van der Waals surface area contributed by atoms with Crippen LogP contribution in [0, 0.1) is 6.92 Å². The molecule has 1 N–H and O–H groups in total. The molecule has 21 heavy (non-hydrogen) atoms. The summed E-state index contributed by atoms with van der Waals surface area (Å²) in [6.07, 6.45) is 0. The number of anilines is 1. The Kier molecular flexibility index (Phi) is 3.77. The fourth-order valence-electron chi connectivity index (χ4n) is 2.10. The third-order valence-electron chi connectivity index (χ3n) is 3.14. The van der Waals surface area contributed by atoms with Crippen LogP contribution in [0.15, 0.2) is 57.2 Å². The number of hydrogen-bond donors (Lipinski definition) is 1. The lowest BCUT2D eigenvalue weighted by atomic mass is 10.2. The summed E-state index contributed by atoms with van der Waals surface area (Å²) in [4.78, 5) is 0.280. The van der Waals surface area contributed by atoms with Gasteiger partial charge in [-0.25, -0.2) is 8.42 Å². The van der Waals surface area contributed by atoms with Crippen molar-refractivity contribution in [3.05, 3.63) is 57.9 Å². The second kappa shape index (κ2) is 5.44. The van der Waals surface area contributed by atoms with Crippen molar-refractivity contribution in [2.45, 2.75) is 11.8 Å². The molecule has 0 amide bonds. The van der Waals surface area contributed by atoms with Gasteiger partial charge in [-0.15, -0.1) is 11.3 Å². The first-order valence-electron chi connectivity index (χ1n) is 6.22. The van der Waals surface area contributed by atoms with E-state index in [-0.39, 0.29) is 4.90 Å². The quantitative estimate of drug-likeness (QED) is 0.709. The Balaban J connectivity index is 2.00. The van der Waals surface area contributed by atoms with Crippen LogP contribution in [0.25, 0.3) is 10.1 Å². The van der Waals surface area contributed by atoms with Crippen molar-refractivity contribution in [3.63, 3.8) is 0 Å². The van der Waals surface area contributed by atoms with E-state index in [4.69, 9.17) is 0 Å². The van der Waals surface area contributed by atoms with Crippen molar-refractivity contribution in [1.82, 2.24) is 0 Å². The number of fused-ring (bicyclic) bond motifs is 1. The van der Waals surface area contributed by atoms with Crippen LogP contribution in [0.5, 0.6) is 0 Å². The predicted octanol–water partition coefficient (Wildman–Crippen LogP) is 4.77. The van der Waals surface area contributed by atoms with Gasteiger partial charge in [0.2, 0.25) is 0 Å². The van der Waals surface area contributed by atoms with Gasteiger partial charge >= 0.3 is 0 Å². The minimum absolute atomic E-state index is 0.280. The molecule has 0 atom stereocenters. The first kappa shape index (κ1) is 14.6. The maximum atomic E-state index is 12.5. The molecule has 0 spiro atoms. The number of rotatable bonds is 3. The van der Waals surface area contributed by atoms with Crippen LogP contribution in [0.4, 0.5) is 5.69 Å². The summed E-state index contributed by atoms with van der Waals surface area (Å²) >= 11 is 4.94. The molecule has 0 bridgehead atoms. The summed E-state index contributed by atoms with van der Waals surface area (Å²) in [6, 6.07) is 12.7. The van der Waals surface area contributed by atoms with Gasteiger partial charge in [0, 0.05) is 14.9 Å². The van der Waals surface area contributed by atoms with Gasteiger partial charge in [-0.3, -0.25) is 4.72 Å². The van der Waals surface area contributed by atoms with Gasteiger partial charge in [-0.2, -0.15) is 0 Å². The number of halogens is 1. The number of aryl methyl sites for hydroxylation is 1. The lowest BCUT2D eigenvalue weighted by Gasteiger charge is -2.11. The Morgan fingerprint density at radius 2 is 1.90 bits per heavy atom. The molecule has 1 heterocycles. The minimum Gasteiger partial charge on any atom is -0.280 e. The zero-order valence-electron chi connectivity index (χ0n) is 11.1. The van der Waals surface area contributed by atoms with Gasteiger partial charge in [0.05, 0.1) is 4.90 Å². The molecule has 3 nitrogen and oxygen atoms in total. The maximum absolute atomic E-state index is 12.5. The third kappa shape index (κ3) is 2.97. The summed E-state index contributed by atoms with van der Waals surface area (Å²) in [6.45, 7) is 1.78. The highest BCUT2D eigenvalue weighted by Gasteiger charge is 2.17. The van der Waals surface area contributed by atoms with E-state index >= 15 is 0 Å². The first-order chi connectivity index (χ1) is 9.95. The number of hydrogen-bond acceptors (Lipinski definition) is 3. The smallest absolute Gasteiger partial charge is 0.262 e. The minimum atomic E-state index is -3.59. The van der Waals surface area contributed by atoms with Crippen LogP contribution < -0.4 is 4.72 Å². The molecule has 1 aromatic heterocycles. The number of benzene rings is 2. The van der Waals surface area contributed by atoms with Crippen molar-refractivity contribution in [3.8, 4) is 0 Å². The fraction of sp³-hybridized carbons (Fsp3) is 0.0667. The molecule has 3 aromatic rings. The molecule has 0 radical (unpaired) electrons. The van der Waals surface area contributed by atoms with Gasteiger partial charge in [0.1, 0.15) is 0 Å². The maximum Gasteiger partial charge on any atom is 0.262 e. The number of nitrogens with one attached hydrogen (secondary N) is 1. The van der Waals surface area contributed by atoms with Gasteiger partial charge in [-0.05, 0) is 59.7 Å². The molecular formula is C15H12BrNO2S2. The molecule has 0 unspecified atom stereocenters. The van der Waals surface area contributed by atoms with Crippen molar-refractivity contribution in [2.24, 2.45) is 0 Å². The highest BCUT2D eigenvalue weighted by atomic mass is 79.9. The summed E-state index contributed by atoms with van der Waals surface area (Å²) in [7, 11) is -3.59. The summed E-state index contributed by atoms with van der Waals surface area (Å²) in [5.74, 6) is 0. The average molecular weight is 382 g/mol. The van der Waals surface area contributed by atoms with E-state index < -0.39 is 10.0 Å². The van der Waals surface area contributed by atoms with E-state index in [0.717, 1.165) is 14.6 Å². The standard InChI is InChI=1S/C15H12BrNO2S2/c1-10-2-3-12(16)9-15(10)21(18,19)17-13-4-5-14-11(8-13)6-7-20-14/h2-9,17H,1H3. The largest absolute Gasteiger partial charge is 0.280 e. The monoisotopic (exact) mass is 381 g/mol. The Morgan fingerprint density at radius 1 is 1.10 bits per heavy atom. The van der Waals surface area contributed by atoms with Crippen LogP contribution in [0.3, 0.4) is 0 Å². The lowest BCUT2D eigenvalue weighted by molar-refractivity contribution is 0.600. The van der Waals surface area contributed by atoms with Crippen molar-refractivity contribution >= 4 is 53.1 Å². The van der Waals surface area contributed by atoms with Crippen LogP contribution in [0.2, 0.25) is 0 Å². The van der Waals surface area contributed by atoms with E-state index in [1.807, 2.05) is 29.6 Å².